The Bertz CT molecular complexity index is 343. The third-order valence-electron chi connectivity index (χ3n) is 2.75. The first-order chi connectivity index (χ1) is 8.15. The molecule has 0 aliphatic rings. The quantitative estimate of drug-likeness (QED) is 0.683. The Hall–Kier alpha value is -1.29. The van der Waals surface area contributed by atoms with Gasteiger partial charge in [0.05, 0.1) is 0 Å². The van der Waals surface area contributed by atoms with Crippen LogP contribution in [0.15, 0.2) is 16.5 Å². The molecule has 17 heavy (non-hydrogen) atoms. The highest BCUT2D eigenvalue weighted by molar-refractivity contribution is 5.84. The molecular formula is C13H20O4. The van der Waals surface area contributed by atoms with Crippen LogP contribution >= 0.6 is 0 Å². The number of aliphatic hydroxyl groups excluding tert-OH is 1. The molecule has 1 heterocycles. The third kappa shape index (κ3) is 4.61. The summed E-state index contributed by atoms with van der Waals surface area (Å²) in [6.45, 7) is 2.16. The lowest BCUT2D eigenvalue weighted by molar-refractivity contribution is 0.0649. The van der Waals surface area contributed by atoms with Crippen LogP contribution in [0.5, 0.6) is 0 Å². The summed E-state index contributed by atoms with van der Waals surface area (Å²) < 4.78 is 5.04. The van der Waals surface area contributed by atoms with Gasteiger partial charge in [0.2, 0.25) is 5.76 Å². The molecule has 0 bridgehead atoms. The van der Waals surface area contributed by atoms with E-state index in [4.69, 9.17) is 9.52 Å². The summed E-state index contributed by atoms with van der Waals surface area (Å²) in [4.78, 5) is 10.6. The first-order valence-electron chi connectivity index (χ1n) is 6.16. The van der Waals surface area contributed by atoms with Crippen LogP contribution in [-0.4, -0.2) is 16.2 Å². The SMILES string of the molecule is CCCCCCCC(O)c1ccc(C(=O)O)o1. The number of aromatic carboxylic acids is 1. The Morgan fingerprint density at radius 1 is 1.29 bits per heavy atom. The van der Waals surface area contributed by atoms with Crippen molar-refractivity contribution in [3.63, 3.8) is 0 Å². The van der Waals surface area contributed by atoms with E-state index >= 15 is 0 Å². The monoisotopic (exact) mass is 240 g/mol. The van der Waals surface area contributed by atoms with Gasteiger partial charge in [-0.2, -0.15) is 0 Å². The van der Waals surface area contributed by atoms with Gasteiger partial charge in [-0.05, 0) is 18.6 Å². The molecule has 4 heteroatoms. The summed E-state index contributed by atoms with van der Waals surface area (Å²) in [5.41, 5.74) is 0. The summed E-state index contributed by atoms with van der Waals surface area (Å²) in [5.74, 6) is -0.880. The molecule has 1 rings (SSSR count). The maximum absolute atomic E-state index is 10.6. The fourth-order valence-corrected chi connectivity index (χ4v) is 1.73. The van der Waals surface area contributed by atoms with Crippen molar-refractivity contribution in [2.24, 2.45) is 0 Å². The standard InChI is InChI=1S/C13H20O4/c1-2-3-4-5-6-7-10(14)11-8-9-12(17-11)13(15)16/h8-10,14H,2-7H2,1H3,(H,15,16). The smallest absolute Gasteiger partial charge is 0.371 e. The van der Waals surface area contributed by atoms with Gasteiger partial charge < -0.3 is 14.6 Å². The zero-order chi connectivity index (χ0) is 12.7. The molecular weight excluding hydrogens is 220 g/mol. The number of hydrogen-bond acceptors (Lipinski definition) is 3. The van der Waals surface area contributed by atoms with E-state index < -0.39 is 12.1 Å². The summed E-state index contributed by atoms with van der Waals surface area (Å²) in [7, 11) is 0. The molecule has 0 saturated carbocycles. The van der Waals surface area contributed by atoms with E-state index in [0.29, 0.717) is 12.2 Å². The Balaban J connectivity index is 2.31. The minimum atomic E-state index is -1.11. The molecule has 1 aromatic rings. The Morgan fingerprint density at radius 3 is 2.59 bits per heavy atom. The highest BCUT2D eigenvalue weighted by Crippen LogP contribution is 2.22. The van der Waals surface area contributed by atoms with Crippen molar-refractivity contribution in [1.82, 2.24) is 0 Å². The zero-order valence-corrected chi connectivity index (χ0v) is 10.2. The lowest BCUT2D eigenvalue weighted by atomic mass is 10.1. The van der Waals surface area contributed by atoms with Gasteiger partial charge in [0.15, 0.2) is 0 Å². The number of hydrogen-bond donors (Lipinski definition) is 2. The molecule has 0 radical (unpaired) electrons. The molecule has 96 valence electrons. The van der Waals surface area contributed by atoms with Gasteiger partial charge in [-0.1, -0.05) is 39.0 Å². The van der Waals surface area contributed by atoms with Gasteiger partial charge in [-0.25, -0.2) is 4.79 Å². The summed E-state index contributed by atoms with van der Waals surface area (Å²) >= 11 is 0. The van der Waals surface area contributed by atoms with Crippen molar-refractivity contribution in [3.8, 4) is 0 Å². The summed E-state index contributed by atoms with van der Waals surface area (Å²) in [6, 6.07) is 2.90. The third-order valence-corrected chi connectivity index (χ3v) is 2.75. The van der Waals surface area contributed by atoms with Crippen molar-refractivity contribution in [2.75, 3.05) is 0 Å². The molecule has 0 fully saturated rings. The molecule has 0 spiro atoms. The number of aliphatic hydroxyl groups is 1. The van der Waals surface area contributed by atoms with E-state index in [-0.39, 0.29) is 5.76 Å². The molecule has 0 aromatic carbocycles. The molecule has 0 aliphatic heterocycles. The van der Waals surface area contributed by atoms with Gasteiger partial charge in [0, 0.05) is 0 Å². The first-order valence-corrected chi connectivity index (χ1v) is 6.16. The van der Waals surface area contributed by atoms with Crippen LogP contribution in [-0.2, 0) is 0 Å². The van der Waals surface area contributed by atoms with E-state index in [0.717, 1.165) is 12.8 Å². The van der Waals surface area contributed by atoms with E-state index in [1.165, 1.54) is 31.4 Å². The molecule has 0 amide bonds. The number of furan rings is 1. The van der Waals surface area contributed by atoms with Crippen LogP contribution in [0.1, 0.15) is 67.9 Å². The highest BCUT2D eigenvalue weighted by atomic mass is 16.4. The zero-order valence-electron chi connectivity index (χ0n) is 10.2. The lowest BCUT2D eigenvalue weighted by Crippen LogP contribution is -1.96. The molecule has 4 nitrogen and oxygen atoms in total. The first kappa shape index (κ1) is 13.8. The largest absolute Gasteiger partial charge is 0.475 e. The van der Waals surface area contributed by atoms with Crippen LogP contribution in [0.4, 0.5) is 0 Å². The van der Waals surface area contributed by atoms with Crippen molar-refractivity contribution in [1.29, 1.82) is 0 Å². The summed E-state index contributed by atoms with van der Waals surface area (Å²) in [5, 5.41) is 18.5. The van der Waals surface area contributed by atoms with Crippen LogP contribution in [0, 0.1) is 0 Å². The molecule has 0 saturated heterocycles. The number of carboxylic acids is 1. The van der Waals surface area contributed by atoms with Crippen molar-refractivity contribution in [3.05, 3.63) is 23.7 Å². The van der Waals surface area contributed by atoms with Crippen molar-refractivity contribution >= 4 is 5.97 Å². The highest BCUT2D eigenvalue weighted by Gasteiger charge is 2.15. The van der Waals surface area contributed by atoms with E-state index in [1.54, 1.807) is 0 Å². The molecule has 1 aromatic heterocycles. The second-order valence-electron chi connectivity index (χ2n) is 4.23. The predicted molar refractivity (Wildman–Crippen MR) is 64.0 cm³/mol. The van der Waals surface area contributed by atoms with Crippen molar-refractivity contribution in [2.45, 2.75) is 51.6 Å². The Labute approximate surface area is 101 Å². The van der Waals surface area contributed by atoms with Crippen molar-refractivity contribution < 1.29 is 19.4 Å². The fraction of sp³-hybridized carbons (Fsp3) is 0.615. The Morgan fingerprint density at radius 2 is 2.00 bits per heavy atom. The van der Waals surface area contributed by atoms with E-state index in [9.17, 15) is 9.90 Å². The van der Waals surface area contributed by atoms with Crippen LogP contribution in [0.2, 0.25) is 0 Å². The van der Waals surface area contributed by atoms with Crippen LogP contribution in [0.3, 0.4) is 0 Å². The normalized spacial score (nSPS) is 12.6. The Kier molecular flexibility index (Phi) is 5.77. The van der Waals surface area contributed by atoms with Crippen LogP contribution < -0.4 is 0 Å². The fourth-order valence-electron chi connectivity index (χ4n) is 1.73. The topological polar surface area (TPSA) is 70.7 Å². The number of unbranched alkanes of at least 4 members (excludes halogenated alkanes) is 4. The van der Waals surface area contributed by atoms with Crippen LogP contribution in [0.25, 0.3) is 0 Å². The second kappa shape index (κ2) is 7.12. The second-order valence-corrected chi connectivity index (χ2v) is 4.23. The van der Waals surface area contributed by atoms with Gasteiger partial charge >= 0.3 is 5.97 Å². The maximum Gasteiger partial charge on any atom is 0.371 e. The summed E-state index contributed by atoms with van der Waals surface area (Å²) in [6.07, 6.45) is 5.56. The maximum atomic E-state index is 10.6. The minimum Gasteiger partial charge on any atom is -0.475 e. The number of rotatable bonds is 8. The predicted octanol–water partition coefficient (Wildman–Crippen LogP) is 3.37. The molecule has 1 unspecified atom stereocenters. The van der Waals surface area contributed by atoms with Gasteiger partial charge in [0.25, 0.3) is 0 Å². The van der Waals surface area contributed by atoms with E-state index in [2.05, 4.69) is 6.92 Å². The average molecular weight is 240 g/mol. The van der Waals surface area contributed by atoms with E-state index in [1.807, 2.05) is 0 Å². The minimum absolute atomic E-state index is 0.120. The molecule has 0 aliphatic carbocycles. The number of carbonyl (C=O) groups is 1. The number of carboxylic acid groups (broad SMARTS) is 1. The molecule has 2 N–H and O–H groups in total. The van der Waals surface area contributed by atoms with Gasteiger partial charge in [0.1, 0.15) is 11.9 Å². The lowest BCUT2D eigenvalue weighted by Gasteiger charge is -2.06. The molecule has 1 atom stereocenters. The average Bonchev–Trinajstić information content (AvgIpc) is 2.78. The van der Waals surface area contributed by atoms with Gasteiger partial charge in [-0.3, -0.25) is 0 Å². The van der Waals surface area contributed by atoms with Gasteiger partial charge in [-0.15, -0.1) is 0 Å².